The van der Waals surface area contributed by atoms with Gasteiger partial charge in [0.05, 0.1) is 17.1 Å². The number of hydrogen-bond donors (Lipinski definition) is 2. The molecule has 2 aromatic rings. The van der Waals surface area contributed by atoms with Crippen molar-refractivity contribution in [2.24, 2.45) is 0 Å². The van der Waals surface area contributed by atoms with E-state index in [0.717, 1.165) is 21.1 Å². The third-order valence-electron chi connectivity index (χ3n) is 4.17. The van der Waals surface area contributed by atoms with Crippen LogP contribution >= 0.6 is 15.9 Å². The Morgan fingerprint density at radius 3 is 2.57 bits per heavy atom. The summed E-state index contributed by atoms with van der Waals surface area (Å²) < 4.78 is 15.0. The van der Waals surface area contributed by atoms with Gasteiger partial charge in [-0.05, 0) is 42.4 Å². The minimum atomic E-state index is -0.932. The molecule has 0 unspecified atom stereocenters. The Balaban J connectivity index is 2.04. The molecule has 0 aromatic carbocycles. The molecule has 0 aliphatic carbocycles. The average molecular weight is 383 g/mol. The number of aryl methyl sites for hydroxylation is 2. The van der Waals surface area contributed by atoms with Gasteiger partial charge in [-0.3, -0.25) is 0 Å². The molecule has 0 radical (unpaired) electrons. The van der Waals surface area contributed by atoms with E-state index in [9.17, 15) is 4.39 Å². The van der Waals surface area contributed by atoms with Gasteiger partial charge in [0.15, 0.2) is 5.65 Å². The highest BCUT2D eigenvalue weighted by Gasteiger charge is 2.31. The van der Waals surface area contributed by atoms with Crippen LogP contribution in [0.4, 0.5) is 16.2 Å². The molecule has 3 heterocycles. The molecule has 124 valence electrons. The number of likely N-dealkylation sites (tertiary alicyclic amines) is 1. The lowest BCUT2D eigenvalue weighted by molar-refractivity contribution is 0.314. The van der Waals surface area contributed by atoms with Crippen molar-refractivity contribution in [3.63, 3.8) is 0 Å². The van der Waals surface area contributed by atoms with Crippen LogP contribution < -0.4 is 10.6 Å². The van der Waals surface area contributed by atoms with Gasteiger partial charge >= 0.3 is 0 Å². The summed E-state index contributed by atoms with van der Waals surface area (Å²) in [5, 5.41) is 7.07. The lowest BCUT2D eigenvalue weighted by Crippen LogP contribution is -2.30. The monoisotopic (exact) mass is 382 g/mol. The Morgan fingerprint density at radius 2 is 1.96 bits per heavy atom. The molecule has 6 nitrogen and oxygen atoms in total. The maximum absolute atomic E-state index is 14.0. The maximum Gasteiger partial charge on any atom is 0.227 e. The highest BCUT2D eigenvalue weighted by Crippen LogP contribution is 2.31. The normalized spacial score (nSPS) is 21.8. The predicted molar refractivity (Wildman–Crippen MR) is 93.9 cm³/mol. The number of anilines is 2. The Kier molecular flexibility index (Phi) is 4.37. The first-order valence-electron chi connectivity index (χ1n) is 7.52. The smallest absolute Gasteiger partial charge is 0.227 e. The standard InChI is InChI=1S/C15H20BrFN6/c1-7-11-13(18-3)21-15(20-10-6-23(4)5-9(10)17)22-14(11)19-8(2)12(7)16/h9-10H,5-6H2,1-4H3,(H2,18,19,20,21,22)/t9-,10+/m1/s1. The van der Waals surface area contributed by atoms with Crippen LogP contribution in [0.5, 0.6) is 0 Å². The average Bonchev–Trinajstić information content (AvgIpc) is 2.81. The van der Waals surface area contributed by atoms with E-state index in [4.69, 9.17) is 0 Å². The molecule has 1 aliphatic heterocycles. The van der Waals surface area contributed by atoms with Crippen LogP contribution in [0.15, 0.2) is 4.47 Å². The van der Waals surface area contributed by atoms with E-state index in [-0.39, 0.29) is 6.04 Å². The number of fused-ring (bicyclic) bond motifs is 1. The van der Waals surface area contributed by atoms with Crippen LogP contribution in [0.2, 0.25) is 0 Å². The molecule has 0 amide bonds. The molecule has 1 fully saturated rings. The topological polar surface area (TPSA) is 66.0 Å². The molecule has 8 heteroatoms. The lowest BCUT2D eigenvalue weighted by atomic mass is 10.1. The van der Waals surface area contributed by atoms with Crippen molar-refractivity contribution in [2.45, 2.75) is 26.1 Å². The number of likely N-dealkylation sites (N-methyl/N-ethyl adjacent to an activating group) is 1. The second-order valence-electron chi connectivity index (χ2n) is 5.97. The predicted octanol–water partition coefficient (Wildman–Crippen LogP) is 2.51. The lowest BCUT2D eigenvalue weighted by Gasteiger charge is -2.17. The highest BCUT2D eigenvalue weighted by molar-refractivity contribution is 9.10. The summed E-state index contributed by atoms with van der Waals surface area (Å²) in [4.78, 5) is 15.5. The molecule has 2 aromatic heterocycles. The fourth-order valence-electron chi connectivity index (χ4n) is 2.96. The summed E-state index contributed by atoms with van der Waals surface area (Å²) >= 11 is 3.55. The first-order valence-corrected chi connectivity index (χ1v) is 8.31. The van der Waals surface area contributed by atoms with Crippen molar-refractivity contribution in [3.05, 3.63) is 15.7 Å². The summed E-state index contributed by atoms with van der Waals surface area (Å²) in [6.07, 6.45) is -0.932. The molecule has 2 N–H and O–H groups in total. The molecular formula is C15H20BrFN6. The van der Waals surface area contributed by atoms with E-state index in [0.29, 0.717) is 30.5 Å². The van der Waals surface area contributed by atoms with E-state index in [2.05, 4.69) is 41.5 Å². The van der Waals surface area contributed by atoms with E-state index in [1.165, 1.54) is 0 Å². The number of hydrogen-bond acceptors (Lipinski definition) is 6. The Hall–Kier alpha value is -1.54. The van der Waals surface area contributed by atoms with Gasteiger partial charge in [0.25, 0.3) is 0 Å². The van der Waals surface area contributed by atoms with Crippen LogP contribution in [0.25, 0.3) is 11.0 Å². The molecule has 1 saturated heterocycles. The molecule has 0 spiro atoms. The third kappa shape index (κ3) is 2.97. The fraction of sp³-hybridized carbons (Fsp3) is 0.533. The Morgan fingerprint density at radius 1 is 1.22 bits per heavy atom. The van der Waals surface area contributed by atoms with Gasteiger partial charge < -0.3 is 15.5 Å². The summed E-state index contributed by atoms with van der Waals surface area (Å²) in [6, 6.07) is -0.306. The SMILES string of the molecule is CNc1nc(N[C@H]2CN(C)C[C@H]2F)nc2nc(C)c(Br)c(C)c12. The zero-order chi connectivity index (χ0) is 16.7. The van der Waals surface area contributed by atoms with Gasteiger partial charge in [-0.2, -0.15) is 9.97 Å². The Bertz CT molecular complexity index is 753. The number of pyridine rings is 1. The number of alkyl halides is 1. The van der Waals surface area contributed by atoms with Gasteiger partial charge in [-0.15, -0.1) is 0 Å². The molecule has 1 aliphatic rings. The van der Waals surface area contributed by atoms with Crippen molar-refractivity contribution in [1.29, 1.82) is 0 Å². The minimum absolute atomic E-state index is 0.306. The quantitative estimate of drug-likeness (QED) is 0.849. The van der Waals surface area contributed by atoms with Crippen molar-refractivity contribution >= 4 is 38.7 Å². The molecular weight excluding hydrogens is 363 g/mol. The maximum atomic E-state index is 14.0. The van der Waals surface area contributed by atoms with Crippen molar-refractivity contribution < 1.29 is 4.39 Å². The minimum Gasteiger partial charge on any atom is -0.372 e. The van der Waals surface area contributed by atoms with Crippen molar-refractivity contribution in [2.75, 3.05) is 37.8 Å². The van der Waals surface area contributed by atoms with Crippen LogP contribution in [-0.4, -0.2) is 59.3 Å². The number of rotatable bonds is 3. The molecule has 3 rings (SSSR count). The summed E-state index contributed by atoms with van der Waals surface area (Å²) in [6.45, 7) is 4.98. The van der Waals surface area contributed by atoms with E-state index in [1.54, 1.807) is 7.05 Å². The van der Waals surface area contributed by atoms with Crippen molar-refractivity contribution in [3.8, 4) is 0 Å². The largest absolute Gasteiger partial charge is 0.372 e. The number of nitrogens with one attached hydrogen (secondary N) is 2. The van der Waals surface area contributed by atoms with Gasteiger partial charge in [-0.25, -0.2) is 9.37 Å². The molecule has 2 atom stereocenters. The highest BCUT2D eigenvalue weighted by atomic mass is 79.9. The van der Waals surface area contributed by atoms with Gasteiger partial charge in [0.2, 0.25) is 5.95 Å². The van der Waals surface area contributed by atoms with Gasteiger partial charge in [0.1, 0.15) is 12.0 Å². The van der Waals surface area contributed by atoms with E-state index >= 15 is 0 Å². The first-order chi connectivity index (χ1) is 10.9. The summed E-state index contributed by atoms with van der Waals surface area (Å²) in [5.74, 6) is 1.09. The zero-order valence-electron chi connectivity index (χ0n) is 13.6. The second-order valence-corrected chi connectivity index (χ2v) is 6.76. The molecule has 0 saturated carbocycles. The van der Waals surface area contributed by atoms with Crippen LogP contribution in [0.3, 0.4) is 0 Å². The fourth-order valence-corrected chi connectivity index (χ4v) is 3.25. The molecule has 23 heavy (non-hydrogen) atoms. The summed E-state index contributed by atoms with van der Waals surface area (Å²) in [7, 11) is 3.71. The number of nitrogens with zero attached hydrogens (tertiary/aromatic N) is 4. The zero-order valence-corrected chi connectivity index (χ0v) is 15.2. The van der Waals surface area contributed by atoms with Crippen molar-refractivity contribution in [1.82, 2.24) is 19.9 Å². The van der Waals surface area contributed by atoms with E-state index in [1.807, 2.05) is 25.8 Å². The van der Waals surface area contributed by atoms with Crippen LogP contribution in [0.1, 0.15) is 11.3 Å². The number of aromatic nitrogens is 3. The summed E-state index contributed by atoms with van der Waals surface area (Å²) in [5.41, 5.74) is 2.50. The third-order valence-corrected chi connectivity index (χ3v) is 5.34. The van der Waals surface area contributed by atoms with Gasteiger partial charge in [-0.1, -0.05) is 0 Å². The van der Waals surface area contributed by atoms with Crippen LogP contribution in [0, 0.1) is 13.8 Å². The second kappa shape index (κ2) is 6.16. The Labute approximate surface area is 143 Å². The number of halogens is 2. The van der Waals surface area contributed by atoms with E-state index < -0.39 is 6.17 Å². The molecule has 0 bridgehead atoms. The van der Waals surface area contributed by atoms with Crippen LogP contribution in [-0.2, 0) is 0 Å². The first kappa shape index (κ1) is 16.3. The van der Waals surface area contributed by atoms with Gasteiger partial charge in [0, 0.05) is 24.6 Å².